The second-order valence-electron chi connectivity index (χ2n) is 8.95. The van der Waals surface area contributed by atoms with Gasteiger partial charge in [-0.25, -0.2) is 4.79 Å². The second-order valence-corrected chi connectivity index (χ2v) is 9.38. The standard InChI is InChI=1S/C29H30ClNO6/c1-5-36-28(33)23-16(3)31-22-15-21(17-9-8-12-20(14-17)35-4)25(29(34)37-6-2)27(32)26(22)24(23)18-10-7-11-19(30)13-18/h7-14,21,24-25,31H,5-6,15H2,1-4H3/t21-,24-,25-/m1/s1. The zero-order valence-corrected chi connectivity index (χ0v) is 22.1. The zero-order valence-electron chi connectivity index (χ0n) is 21.3. The van der Waals surface area contributed by atoms with Crippen molar-refractivity contribution >= 4 is 29.3 Å². The van der Waals surface area contributed by atoms with Crippen LogP contribution in [-0.4, -0.2) is 38.0 Å². The summed E-state index contributed by atoms with van der Waals surface area (Å²) in [5, 5.41) is 3.76. The van der Waals surface area contributed by atoms with Crippen LogP contribution < -0.4 is 10.1 Å². The van der Waals surface area contributed by atoms with E-state index in [-0.39, 0.29) is 19.0 Å². The number of dihydropyridines is 1. The number of carbonyl (C=O) groups is 3. The van der Waals surface area contributed by atoms with E-state index in [1.54, 1.807) is 46.1 Å². The SMILES string of the molecule is CCOC(=O)C1=C(C)NC2=C(C(=O)[C@H](C(=O)OCC)[C@@H](c3cccc(OC)c3)C2)[C@@H]1c1cccc(Cl)c1. The number of methoxy groups -OCH3 is 1. The maximum Gasteiger partial charge on any atom is 0.336 e. The molecule has 0 fully saturated rings. The number of hydrogen-bond acceptors (Lipinski definition) is 7. The summed E-state index contributed by atoms with van der Waals surface area (Å²) in [5.74, 6) is -3.20. The van der Waals surface area contributed by atoms with Crippen molar-refractivity contribution in [3.8, 4) is 5.75 Å². The van der Waals surface area contributed by atoms with E-state index in [0.29, 0.717) is 45.3 Å². The van der Waals surface area contributed by atoms with Crippen molar-refractivity contribution in [1.29, 1.82) is 0 Å². The third-order valence-electron chi connectivity index (χ3n) is 6.76. The number of allylic oxidation sites excluding steroid dienone is 3. The topological polar surface area (TPSA) is 90.9 Å². The molecule has 1 aliphatic carbocycles. The second kappa shape index (κ2) is 11.2. The molecule has 0 bridgehead atoms. The van der Waals surface area contributed by atoms with Crippen LogP contribution in [0.5, 0.6) is 5.75 Å². The van der Waals surface area contributed by atoms with Crippen LogP contribution in [0.15, 0.2) is 71.1 Å². The number of benzene rings is 2. The first-order chi connectivity index (χ1) is 17.8. The van der Waals surface area contributed by atoms with Gasteiger partial charge in [0.15, 0.2) is 5.78 Å². The molecule has 1 N–H and O–H groups in total. The van der Waals surface area contributed by atoms with E-state index in [9.17, 15) is 14.4 Å². The van der Waals surface area contributed by atoms with Crippen molar-refractivity contribution in [1.82, 2.24) is 5.32 Å². The Hall–Kier alpha value is -3.58. The summed E-state index contributed by atoms with van der Waals surface area (Å²) in [6.45, 7) is 5.54. The molecular formula is C29H30ClNO6. The van der Waals surface area contributed by atoms with Gasteiger partial charge in [0, 0.05) is 33.8 Å². The lowest BCUT2D eigenvalue weighted by atomic mass is 9.67. The Balaban J connectivity index is 1.90. The maximum absolute atomic E-state index is 14.3. The first kappa shape index (κ1) is 26.5. The summed E-state index contributed by atoms with van der Waals surface area (Å²) >= 11 is 6.32. The number of halogens is 1. The molecule has 0 radical (unpaired) electrons. The highest BCUT2D eigenvalue weighted by atomic mass is 35.5. The molecule has 2 aliphatic rings. The van der Waals surface area contributed by atoms with E-state index < -0.39 is 29.7 Å². The van der Waals surface area contributed by atoms with Crippen LogP contribution in [0.2, 0.25) is 5.02 Å². The Morgan fingerprint density at radius 2 is 1.73 bits per heavy atom. The largest absolute Gasteiger partial charge is 0.497 e. The van der Waals surface area contributed by atoms with Crippen LogP contribution in [0.1, 0.15) is 50.2 Å². The number of hydrogen-bond donors (Lipinski definition) is 1. The minimum atomic E-state index is -1.09. The molecule has 7 nitrogen and oxygen atoms in total. The summed E-state index contributed by atoms with van der Waals surface area (Å²) in [7, 11) is 1.57. The minimum Gasteiger partial charge on any atom is -0.497 e. The van der Waals surface area contributed by atoms with Crippen molar-refractivity contribution in [2.75, 3.05) is 20.3 Å². The monoisotopic (exact) mass is 523 g/mol. The molecule has 8 heteroatoms. The van der Waals surface area contributed by atoms with Gasteiger partial charge < -0.3 is 19.5 Å². The van der Waals surface area contributed by atoms with Crippen molar-refractivity contribution in [2.24, 2.45) is 5.92 Å². The molecule has 0 amide bonds. The lowest BCUT2D eigenvalue weighted by Crippen LogP contribution is -2.43. The normalized spacial score (nSPS) is 21.2. The first-order valence-corrected chi connectivity index (χ1v) is 12.7. The third-order valence-corrected chi connectivity index (χ3v) is 6.99. The van der Waals surface area contributed by atoms with Gasteiger partial charge in [-0.2, -0.15) is 0 Å². The summed E-state index contributed by atoms with van der Waals surface area (Å²) in [6, 6.07) is 14.4. The average Bonchev–Trinajstić information content (AvgIpc) is 2.88. The molecule has 0 saturated carbocycles. The maximum atomic E-state index is 14.3. The van der Waals surface area contributed by atoms with Crippen LogP contribution in [0.4, 0.5) is 0 Å². The number of ether oxygens (including phenoxy) is 3. The molecule has 2 aromatic carbocycles. The highest BCUT2D eigenvalue weighted by molar-refractivity contribution is 6.30. The van der Waals surface area contributed by atoms with Gasteiger partial charge in [-0.05, 0) is 62.6 Å². The molecule has 2 aromatic rings. The van der Waals surface area contributed by atoms with Crippen molar-refractivity contribution < 1.29 is 28.6 Å². The van der Waals surface area contributed by atoms with Gasteiger partial charge in [0.05, 0.1) is 25.9 Å². The van der Waals surface area contributed by atoms with E-state index in [4.69, 9.17) is 25.8 Å². The highest BCUT2D eigenvalue weighted by Gasteiger charge is 2.49. The quantitative estimate of drug-likeness (QED) is 0.400. The fraction of sp³-hybridized carbons (Fsp3) is 0.345. The van der Waals surface area contributed by atoms with Gasteiger partial charge in [0.2, 0.25) is 0 Å². The number of carbonyl (C=O) groups excluding carboxylic acids is 3. The van der Waals surface area contributed by atoms with Gasteiger partial charge in [-0.15, -0.1) is 0 Å². The zero-order chi connectivity index (χ0) is 26.7. The Morgan fingerprint density at radius 1 is 1.03 bits per heavy atom. The molecule has 3 atom stereocenters. The third kappa shape index (κ3) is 5.14. The van der Waals surface area contributed by atoms with Crippen LogP contribution in [0, 0.1) is 5.92 Å². The molecule has 1 aliphatic heterocycles. The Bertz CT molecular complexity index is 1300. The van der Waals surface area contributed by atoms with Crippen LogP contribution in [0.25, 0.3) is 0 Å². The van der Waals surface area contributed by atoms with E-state index >= 15 is 0 Å². The van der Waals surface area contributed by atoms with Crippen LogP contribution in [-0.2, 0) is 23.9 Å². The van der Waals surface area contributed by atoms with E-state index in [2.05, 4.69) is 5.32 Å². The molecule has 0 saturated heterocycles. The van der Waals surface area contributed by atoms with E-state index in [1.165, 1.54) is 0 Å². The fourth-order valence-electron chi connectivity index (χ4n) is 5.22. The minimum absolute atomic E-state index is 0.141. The number of nitrogens with one attached hydrogen (secondary N) is 1. The Morgan fingerprint density at radius 3 is 2.41 bits per heavy atom. The van der Waals surface area contributed by atoms with Crippen LogP contribution in [0.3, 0.4) is 0 Å². The van der Waals surface area contributed by atoms with Gasteiger partial charge >= 0.3 is 11.9 Å². The lowest BCUT2D eigenvalue weighted by Gasteiger charge is -2.39. The Kier molecular flexibility index (Phi) is 8.03. The summed E-state index contributed by atoms with van der Waals surface area (Å²) in [4.78, 5) is 40.7. The molecule has 4 rings (SSSR count). The molecule has 1 heterocycles. The van der Waals surface area contributed by atoms with Gasteiger partial charge in [-0.1, -0.05) is 35.9 Å². The number of ketones is 1. The molecule has 37 heavy (non-hydrogen) atoms. The molecule has 0 spiro atoms. The predicted octanol–water partition coefficient (Wildman–Crippen LogP) is 5.06. The van der Waals surface area contributed by atoms with E-state index in [1.807, 2.05) is 30.3 Å². The molecule has 194 valence electrons. The van der Waals surface area contributed by atoms with Gasteiger partial charge in [0.1, 0.15) is 11.7 Å². The number of Topliss-reactive ketones (excluding diaryl/α,β-unsaturated/α-hetero) is 1. The van der Waals surface area contributed by atoms with Gasteiger partial charge in [0.25, 0.3) is 0 Å². The predicted molar refractivity (Wildman–Crippen MR) is 139 cm³/mol. The van der Waals surface area contributed by atoms with Crippen molar-refractivity contribution in [2.45, 2.75) is 39.0 Å². The smallest absolute Gasteiger partial charge is 0.336 e. The van der Waals surface area contributed by atoms with Crippen LogP contribution >= 0.6 is 11.6 Å². The average molecular weight is 524 g/mol. The number of rotatable bonds is 7. The lowest BCUT2D eigenvalue weighted by molar-refractivity contribution is -0.152. The Labute approximate surface area is 221 Å². The van der Waals surface area contributed by atoms with Crippen molar-refractivity contribution in [3.05, 3.63) is 87.2 Å². The summed E-state index contributed by atoms with van der Waals surface area (Å²) in [5.41, 5.74) is 3.38. The molecule has 0 unspecified atom stereocenters. The van der Waals surface area contributed by atoms with Gasteiger partial charge in [-0.3, -0.25) is 9.59 Å². The fourth-order valence-corrected chi connectivity index (χ4v) is 5.42. The summed E-state index contributed by atoms with van der Waals surface area (Å²) in [6.07, 6.45) is 0.363. The van der Waals surface area contributed by atoms with E-state index in [0.717, 1.165) is 5.56 Å². The van der Waals surface area contributed by atoms with Crippen molar-refractivity contribution in [3.63, 3.8) is 0 Å². The molecular weight excluding hydrogens is 494 g/mol. The number of esters is 2. The first-order valence-electron chi connectivity index (χ1n) is 12.3. The summed E-state index contributed by atoms with van der Waals surface area (Å²) < 4.78 is 16.1. The highest BCUT2D eigenvalue weighted by Crippen LogP contribution is 2.48. The molecule has 0 aromatic heterocycles.